The zero-order chi connectivity index (χ0) is 14.9. The smallest absolute Gasteiger partial charge is 0.163 e. The Morgan fingerprint density at radius 1 is 1.40 bits per heavy atom. The maximum absolute atomic E-state index is 12.1. The van der Waals surface area contributed by atoms with Gasteiger partial charge in [-0.3, -0.25) is 4.79 Å². The van der Waals surface area contributed by atoms with Gasteiger partial charge in [0.15, 0.2) is 12.1 Å². The molecular formula is C14H24O6. The van der Waals surface area contributed by atoms with Crippen molar-refractivity contribution in [3.63, 3.8) is 0 Å². The molecule has 6 nitrogen and oxygen atoms in total. The van der Waals surface area contributed by atoms with Gasteiger partial charge in [0.25, 0.3) is 0 Å². The van der Waals surface area contributed by atoms with Crippen molar-refractivity contribution in [2.45, 2.75) is 64.5 Å². The zero-order valence-electron chi connectivity index (χ0n) is 12.5. The van der Waals surface area contributed by atoms with Crippen molar-refractivity contribution in [2.75, 3.05) is 13.2 Å². The minimum atomic E-state index is -0.774. The zero-order valence-corrected chi connectivity index (χ0v) is 12.5. The van der Waals surface area contributed by atoms with E-state index in [-0.39, 0.29) is 24.9 Å². The van der Waals surface area contributed by atoms with E-state index in [9.17, 15) is 9.90 Å². The Bertz CT molecular complexity index is 356. The Morgan fingerprint density at radius 3 is 2.65 bits per heavy atom. The predicted molar refractivity (Wildman–Crippen MR) is 70.0 cm³/mol. The van der Waals surface area contributed by atoms with Crippen molar-refractivity contribution in [2.24, 2.45) is 5.92 Å². The van der Waals surface area contributed by atoms with Gasteiger partial charge in [-0.2, -0.15) is 0 Å². The van der Waals surface area contributed by atoms with Gasteiger partial charge < -0.3 is 24.1 Å². The lowest BCUT2D eigenvalue weighted by atomic mass is 9.82. The molecule has 5 atom stereocenters. The molecule has 1 N–H and O–H groups in total. The molecule has 20 heavy (non-hydrogen) atoms. The number of hydrogen-bond donors (Lipinski definition) is 1. The molecule has 0 aromatic rings. The van der Waals surface area contributed by atoms with Gasteiger partial charge in [0.1, 0.15) is 18.0 Å². The van der Waals surface area contributed by atoms with Gasteiger partial charge in [0.05, 0.1) is 18.6 Å². The van der Waals surface area contributed by atoms with E-state index in [0.29, 0.717) is 6.61 Å². The summed E-state index contributed by atoms with van der Waals surface area (Å²) < 4.78 is 22.8. The Hall–Kier alpha value is -0.530. The van der Waals surface area contributed by atoms with Crippen LogP contribution in [0.25, 0.3) is 0 Å². The lowest BCUT2D eigenvalue weighted by Crippen LogP contribution is -2.52. The number of hydrogen-bond acceptors (Lipinski definition) is 6. The van der Waals surface area contributed by atoms with E-state index in [2.05, 4.69) is 0 Å². The summed E-state index contributed by atoms with van der Waals surface area (Å²) >= 11 is 0. The molecule has 1 heterocycles. The van der Waals surface area contributed by atoms with Gasteiger partial charge in [0, 0.05) is 13.0 Å². The number of carbonyl (C=O) groups excluding carboxylic acids is 1. The summed E-state index contributed by atoms with van der Waals surface area (Å²) in [5, 5.41) is 9.41. The second-order valence-electron chi connectivity index (χ2n) is 5.72. The molecule has 0 aromatic carbocycles. The number of rotatable bonds is 5. The second kappa shape index (κ2) is 6.07. The van der Waals surface area contributed by atoms with Crippen molar-refractivity contribution in [1.82, 2.24) is 0 Å². The van der Waals surface area contributed by atoms with Crippen molar-refractivity contribution < 1.29 is 28.8 Å². The van der Waals surface area contributed by atoms with Gasteiger partial charge in [-0.15, -0.1) is 0 Å². The first-order valence-corrected chi connectivity index (χ1v) is 7.14. The van der Waals surface area contributed by atoms with Crippen molar-refractivity contribution in [1.29, 1.82) is 0 Å². The van der Waals surface area contributed by atoms with Crippen LogP contribution in [0.15, 0.2) is 0 Å². The fraction of sp³-hybridized carbons (Fsp3) is 0.929. The molecule has 0 amide bonds. The third-order valence-corrected chi connectivity index (χ3v) is 3.71. The molecule has 1 aliphatic heterocycles. The molecule has 2 rings (SSSR count). The van der Waals surface area contributed by atoms with Crippen LogP contribution in [-0.2, 0) is 23.7 Å². The SMILES string of the molecule is CCOC(C)OC1CC(=O)C(CO)C2OC(C)(C)OC12. The largest absolute Gasteiger partial charge is 0.396 e. The fourth-order valence-electron chi connectivity index (χ4n) is 2.92. The topological polar surface area (TPSA) is 74.2 Å². The van der Waals surface area contributed by atoms with Crippen molar-refractivity contribution in [3.05, 3.63) is 0 Å². The van der Waals surface area contributed by atoms with E-state index in [0.717, 1.165) is 0 Å². The maximum Gasteiger partial charge on any atom is 0.163 e. The third kappa shape index (κ3) is 3.20. The average molecular weight is 288 g/mol. The minimum absolute atomic E-state index is 0.0521. The molecule has 6 heteroatoms. The number of fused-ring (bicyclic) bond motifs is 1. The van der Waals surface area contributed by atoms with Crippen LogP contribution >= 0.6 is 0 Å². The summed E-state index contributed by atoms with van der Waals surface area (Å²) in [5.41, 5.74) is 0. The lowest BCUT2D eigenvalue weighted by molar-refractivity contribution is -0.204. The van der Waals surface area contributed by atoms with E-state index in [1.165, 1.54) is 0 Å². The highest BCUT2D eigenvalue weighted by molar-refractivity contribution is 5.83. The van der Waals surface area contributed by atoms with E-state index >= 15 is 0 Å². The first-order valence-electron chi connectivity index (χ1n) is 7.14. The van der Waals surface area contributed by atoms with E-state index in [1.54, 1.807) is 20.8 Å². The Kier molecular flexibility index (Phi) is 4.81. The molecule has 0 aromatic heterocycles. The summed E-state index contributed by atoms with van der Waals surface area (Å²) in [6.45, 7) is 7.59. The minimum Gasteiger partial charge on any atom is -0.396 e. The third-order valence-electron chi connectivity index (χ3n) is 3.71. The van der Waals surface area contributed by atoms with Crippen LogP contribution in [0.1, 0.15) is 34.1 Å². The van der Waals surface area contributed by atoms with Gasteiger partial charge in [0.2, 0.25) is 0 Å². The number of ketones is 1. The Labute approximate surface area is 119 Å². The summed E-state index contributed by atoms with van der Waals surface area (Å²) in [6, 6.07) is 0. The number of ether oxygens (including phenoxy) is 4. The van der Waals surface area contributed by atoms with Crippen LogP contribution in [0, 0.1) is 5.92 Å². The summed E-state index contributed by atoms with van der Waals surface area (Å²) in [5.74, 6) is -1.36. The number of carbonyl (C=O) groups is 1. The highest BCUT2D eigenvalue weighted by Gasteiger charge is 2.54. The van der Waals surface area contributed by atoms with Gasteiger partial charge >= 0.3 is 0 Å². The Morgan fingerprint density at radius 2 is 2.05 bits per heavy atom. The van der Waals surface area contributed by atoms with E-state index < -0.39 is 30.2 Å². The molecule has 2 aliphatic rings. The molecular weight excluding hydrogens is 264 g/mol. The van der Waals surface area contributed by atoms with Crippen LogP contribution < -0.4 is 0 Å². The summed E-state index contributed by atoms with van der Waals surface area (Å²) in [6.07, 6.45) is -1.42. The first-order chi connectivity index (χ1) is 9.38. The van der Waals surface area contributed by atoms with Gasteiger partial charge in [-0.25, -0.2) is 0 Å². The van der Waals surface area contributed by atoms with Crippen LogP contribution in [-0.4, -0.2) is 54.5 Å². The summed E-state index contributed by atoms with van der Waals surface area (Å²) in [7, 11) is 0. The van der Waals surface area contributed by atoms with Crippen LogP contribution in [0.5, 0.6) is 0 Å². The van der Waals surface area contributed by atoms with Crippen molar-refractivity contribution in [3.8, 4) is 0 Å². The summed E-state index contributed by atoms with van der Waals surface area (Å²) in [4.78, 5) is 12.1. The van der Waals surface area contributed by atoms with Crippen LogP contribution in [0.4, 0.5) is 0 Å². The molecule has 2 fully saturated rings. The molecule has 5 unspecified atom stereocenters. The van der Waals surface area contributed by atoms with Gasteiger partial charge in [-0.1, -0.05) is 0 Å². The quantitative estimate of drug-likeness (QED) is 0.756. The first kappa shape index (κ1) is 15.9. The monoisotopic (exact) mass is 288 g/mol. The lowest BCUT2D eigenvalue weighted by Gasteiger charge is -2.36. The molecule has 1 saturated carbocycles. The number of Topliss-reactive ketones (excluding diaryl/α,β-unsaturated/α-hetero) is 1. The molecule has 116 valence electrons. The van der Waals surface area contributed by atoms with Crippen LogP contribution in [0.3, 0.4) is 0 Å². The highest BCUT2D eigenvalue weighted by Crippen LogP contribution is 2.39. The van der Waals surface area contributed by atoms with Crippen molar-refractivity contribution >= 4 is 5.78 Å². The van der Waals surface area contributed by atoms with E-state index in [1.807, 2.05) is 6.92 Å². The number of aliphatic hydroxyl groups is 1. The highest BCUT2D eigenvalue weighted by atomic mass is 16.8. The normalized spacial score (nSPS) is 37.8. The van der Waals surface area contributed by atoms with Gasteiger partial charge in [-0.05, 0) is 27.7 Å². The Balaban J connectivity index is 2.12. The molecule has 0 spiro atoms. The number of aliphatic hydroxyl groups excluding tert-OH is 1. The molecule has 0 radical (unpaired) electrons. The fourth-order valence-corrected chi connectivity index (χ4v) is 2.92. The van der Waals surface area contributed by atoms with Crippen LogP contribution in [0.2, 0.25) is 0 Å². The standard InChI is InChI=1S/C14H24O6/c1-5-17-8(2)18-11-6-10(16)9(7-15)12-13(11)20-14(3,4)19-12/h8-9,11-13,15H,5-7H2,1-4H3. The second-order valence-corrected chi connectivity index (χ2v) is 5.72. The molecule has 1 aliphatic carbocycles. The molecule has 0 bridgehead atoms. The maximum atomic E-state index is 12.1. The molecule has 1 saturated heterocycles. The predicted octanol–water partition coefficient (Wildman–Crippen LogP) is 0.855. The van der Waals surface area contributed by atoms with E-state index in [4.69, 9.17) is 18.9 Å². The average Bonchev–Trinajstić information content (AvgIpc) is 2.65.